The molecule has 0 N–H and O–H groups in total. The summed E-state index contributed by atoms with van der Waals surface area (Å²) < 4.78 is 11.2. The Balaban J connectivity index is 1.34. The van der Waals surface area contributed by atoms with E-state index in [-0.39, 0.29) is 5.91 Å². The molecule has 5 heteroatoms. The van der Waals surface area contributed by atoms with Gasteiger partial charge in [-0.25, -0.2) is 0 Å². The molecule has 0 bridgehead atoms. The van der Waals surface area contributed by atoms with Gasteiger partial charge < -0.3 is 19.0 Å². The number of likely N-dealkylation sites (tertiary alicyclic amines) is 1. The third-order valence-electron chi connectivity index (χ3n) is 6.24. The summed E-state index contributed by atoms with van der Waals surface area (Å²) in [7, 11) is 1.71. The van der Waals surface area contributed by atoms with Crippen LogP contribution in [0.25, 0.3) is 11.0 Å². The molecule has 1 unspecified atom stereocenters. The summed E-state index contributed by atoms with van der Waals surface area (Å²) in [5.74, 6) is 1.84. The van der Waals surface area contributed by atoms with Gasteiger partial charge in [0, 0.05) is 31.6 Å². The van der Waals surface area contributed by atoms with Gasteiger partial charge in [-0.05, 0) is 68.5 Å². The number of carbonyl (C=O) groups excluding carboxylic acids is 1. The highest BCUT2D eigenvalue weighted by atomic mass is 16.5. The van der Waals surface area contributed by atoms with E-state index in [1.165, 1.54) is 18.4 Å². The van der Waals surface area contributed by atoms with Crippen LogP contribution in [-0.2, 0) is 6.42 Å². The van der Waals surface area contributed by atoms with Crippen LogP contribution in [0.5, 0.6) is 5.75 Å². The first-order valence-electron chi connectivity index (χ1n) is 11.3. The van der Waals surface area contributed by atoms with Crippen molar-refractivity contribution in [1.82, 2.24) is 9.80 Å². The van der Waals surface area contributed by atoms with Crippen LogP contribution < -0.4 is 4.74 Å². The zero-order valence-corrected chi connectivity index (χ0v) is 18.5. The Kier molecular flexibility index (Phi) is 6.92. The minimum Gasteiger partial charge on any atom is -0.497 e. The SMILES string of the molecule is CCN(CC1CCCN(CCc2cccc(OC)c2)C1)C(=O)c1cc2ccccc2o1. The van der Waals surface area contributed by atoms with E-state index >= 15 is 0 Å². The Bertz CT molecular complexity index is 980. The number of para-hydroxylation sites is 1. The number of fused-ring (bicyclic) bond motifs is 1. The van der Waals surface area contributed by atoms with Crippen molar-refractivity contribution in [3.8, 4) is 5.75 Å². The fourth-order valence-electron chi connectivity index (χ4n) is 4.53. The maximum Gasteiger partial charge on any atom is 0.289 e. The minimum absolute atomic E-state index is 0.00722. The molecular weight excluding hydrogens is 388 g/mol. The summed E-state index contributed by atoms with van der Waals surface area (Å²) in [6.45, 7) is 6.72. The molecule has 0 radical (unpaired) electrons. The third kappa shape index (κ3) is 5.28. The van der Waals surface area contributed by atoms with E-state index in [1.54, 1.807) is 7.11 Å². The highest BCUT2D eigenvalue weighted by Gasteiger charge is 2.25. The van der Waals surface area contributed by atoms with Gasteiger partial charge in [-0.3, -0.25) is 4.79 Å². The van der Waals surface area contributed by atoms with Crippen LogP contribution in [0.1, 0.15) is 35.9 Å². The molecule has 1 aliphatic heterocycles. The number of methoxy groups -OCH3 is 1. The second kappa shape index (κ2) is 10.0. The number of hydrogen-bond donors (Lipinski definition) is 0. The highest BCUT2D eigenvalue weighted by Crippen LogP contribution is 2.23. The maximum absolute atomic E-state index is 13.1. The zero-order chi connectivity index (χ0) is 21.6. The Labute approximate surface area is 184 Å². The molecule has 3 aromatic rings. The lowest BCUT2D eigenvalue weighted by molar-refractivity contribution is 0.0662. The normalized spacial score (nSPS) is 17.0. The number of amides is 1. The lowest BCUT2D eigenvalue weighted by atomic mass is 9.96. The lowest BCUT2D eigenvalue weighted by Gasteiger charge is -2.35. The number of nitrogens with zero attached hydrogens (tertiary/aromatic N) is 2. The van der Waals surface area contributed by atoms with Gasteiger partial charge in [0.25, 0.3) is 5.91 Å². The van der Waals surface area contributed by atoms with Crippen molar-refractivity contribution in [2.75, 3.05) is 39.8 Å². The Morgan fingerprint density at radius 1 is 1.19 bits per heavy atom. The van der Waals surface area contributed by atoms with Crippen LogP contribution in [0.3, 0.4) is 0 Å². The van der Waals surface area contributed by atoms with Crippen molar-refractivity contribution >= 4 is 16.9 Å². The molecule has 5 nitrogen and oxygen atoms in total. The predicted octanol–water partition coefficient (Wildman–Crippen LogP) is 4.86. The first kappa shape index (κ1) is 21.4. The van der Waals surface area contributed by atoms with Gasteiger partial charge in [0.15, 0.2) is 5.76 Å². The molecule has 164 valence electrons. The third-order valence-corrected chi connectivity index (χ3v) is 6.24. The summed E-state index contributed by atoms with van der Waals surface area (Å²) in [6.07, 6.45) is 3.36. The van der Waals surface area contributed by atoms with Gasteiger partial charge in [0.1, 0.15) is 11.3 Å². The zero-order valence-electron chi connectivity index (χ0n) is 18.5. The average molecular weight is 421 g/mol. The van der Waals surface area contributed by atoms with Crippen LogP contribution in [-0.4, -0.2) is 55.5 Å². The first-order valence-corrected chi connectivity index (χ1v) is 11.3. The van der Waals surface area contributed by atoms with Gasteiger partial charge in [0.05, 0.1) is 7.11 Å². The smallest absolute Gasteiger partial charge is 0.289 e. The minimum atomic E-state index is -0.00722. The van der Waals surface area contributed by atoms with Crippen molar-refractivity contribution in [2.24, 2.45) is 5.92 Å². The molecular formula is C26H32N2O3. The summed E-state index contributed by atoms with van der Waals surface area (Å²) in [5, 5.41) is 0.975. The summed E-state index contributed by atoms with van der Waals surface area (Å²) in [5.41, 5.74) is 2.07. The summed E-state index contributed by atoms with van der Waals surface area (Å²) >= 11 is 0. The molecule has 1 atom stereocenters. The van der Waals surface area contributed by atoms with Crippen molar-refractivity contribution in [2.45, 2.75) is 26.2 Å². The van der Waals surface area contributed by atoms with Crippen LogP contribution in [0.2, 0.25) is 0 Å². The highest BCUT2D eigenvalue weighted by molar-refractivity contribution is 5.96. The van der Waals surface area contributed by atoms with Gasteiger partial charge in [-0.1, -0.05) is 30.3 Å². The van der Waals surface area contributed by atoms with Crippen molar-refractivity contribution in [3.63, 3.8) is 0 Å². The van der Waals surface area contributed by atoms with Gasteiger partial charge in [0.2, 0.25) is 0 Å². The van der Waals surface area contributed by atoms with Crippen LogP contribution in [0, 0.1) is 5.92 Å². The van der Waals surface area contributed by atoms with E-state index in [2.05, 4.69) is 23.1 Å². The standard InChI is InChI=1S/C26H32N2O3/c1-3-28(26(29)25-17-22-10-4-5-12-24(22)31-25)19-21-9-7-14-27(18-21)15-13-20-8-6-11-23(16-20)30-2/h4-6,8,10-12,16-17,21H,3,7,9,13-15,18-19H2,1-2H3. The van der Waals surface area contributed by atoms with Gasteiger partial charge in [-0.15, -0.1) is 0 Å². The van der Waals surface area contributed by atoms with E-state index in [1.807, 2.05) is 48.2 Å². The second-order valence-corrected chi connectivity index (χ2v) is 8.40. The maximum atomic E-state index is 13.1. The quantitative estimate of drug-likeness (QED) is 0.522. The predicted molar refractivity (Wildman–Crippen MR) is 124 cm³/mol. The van der Waals surface area contributed by atoms with Gasteiger partial charge in [-0.2, -0.15) is 0 Å². The van der Waals surface area contributed by atoms with Crippen LogP contribution in [0.4, 0.5) is 0 Å². The van der Waals surface area contributed by atoms with E-state index < -0.39 is 0 Å². The average Bonchev–Trinajstić information content (AvgIpc) is 3.25. The van der Waals surface area contributed by atoms with Crippen molar-refractivity contribution < 1.29 is 13.9 Å². The first-order chi connectivity index (χ1) is 15.2. The van der Waals surface area contributed by atoms with Crippen LogP contribution in [0.15, 0.2) is 59.0 Å². The Hall–Kier alpha value is -2.79. The fourth-order valence-corrected chi connectivity index (χ4v) is 4.53. The number of ether oxygens (including phenoxy) is 1. The molecule has 0 saturated carbocycles. The van der Waals surface area contributed by atoms with E-state index in [0.717, 1.165) is 49.3 Å². The number of benzene rings is 2. The molecule has 1 fully saturated rings. The molecule has 31 heavy (non-hydrogen) atoms. The topological polar surface area (TPSA) is 45.9 Å². The number of piperidine rings is 1. The van der Waals surface area contributed by atoms with E-state index in [9.17, 15) is 4.79 Å². The molecule has 1 amide bonds. The monoisotopic (exact) mass is 420 g/mol. The second-order valence-electron chi connectivity index (χ2n) is 8.40. The van der Waals surface area contributed by atoms with Crippen molar-refractivity contribution in [3.05, 3.63) is 65.9 Å². The Morgan fingerprint density at radius 2 is 2.06 bits per heavy atom. The van der Waals surface area contributed by atoms with E-state index in [0.29, 0.717) is 18.2 Å². The Morgan fingerprint density at radius 3 is 2.87 bits per heavy atom. The molecule has 2 heterocycles. The summed E-state index contributed by atoms with van der Waals surface area (Å²) in [6, 6.07) is 18.0. The molecule has 1 saturated heterocycles. The number of rotatable bonds is 8. The number of carbonyl (C=O) groups is 1. The summed E-state index contributed by atoms with van der Waals surface area (Å²) in [4.78, 5) is 17.6. The molecule has 2 aromatic carbocycles. The fraction of sp³-hybridized carbons (Fsp3) is 0.423. The molecule has 1 aromatic heterocycles. The molecule has 4 rings (SSSR count). The lowest BCUT2D eigenvalue weighted by Crippen LogP contribution is -2.43. The van der Waals surface area contributed by atoms with E-state index in [4.69, 9.17) is 9.15 Å². The van der Waals surface area contributed by atoms with Crippen LogP contribution >= 0.6 is 0 Å². The molecule has 0 spiro atoms. The largest absolute Gasteiger partial charge is 0.497 e. The van der Waals surface area contributed by atoms with Gasteiger partial charge >= 0.3 is 0 Å². The van der Waals surface area contributed by atoms with Crippen molar-refractivity contribution in [1.29, 1.82) is 0 Å². The molecule has 1 aliphatic rings. The molecule has 0 aliphatic carbocycles. The number of hydrogen-bond acceptors (Lipinski definition) is 4. The number of furan rings is 1.